The number of hydrogen-bond acceptors (Lipinski definition) is 4. The zero-order chi connectivity index (χ0) is 14.0. The molecule has 2 rings (SSSR count). The smallest absolute Gasteiger partial charge is 0.145 e. The van der Waals surface area contributed by atoms with Gasteiger partial charge in [-0.2, -0.15) is 0 Å². The van der Waals surface area contributed by atoms with E-state index in [1.807, 2.05) is 23.7 Å². The standard InChI is InChI=1S/C13H15BrN2O3/c1-16-10(7-17)12(14)15-13(16)9-5-4-8(18-2)6-11(9)19-3/h4-6,17H,7H2,1-3H3. The molecule has 0 aliphatic rings. The van der Waals surface area contributed by atoms with Crippen LogP contribution in [0.4, 0.5) is 0 Å². The second kappa shape index (κ2) is 5.63. The third-order valence-corrected chi connectivity index (χ3v) is 3.60. The fourth-order valence-corrected chi connectivity index (χ4v) is 2.45. The molecule has 0 aliphatic carbocycles. The predicted molar refractivity (Wildman–Crippen MR) is 75.4 cm³/mol. The SMILES string of the molecule is COc1ccc(-c2nc(Br)c(CO)n2C)c(OC)c1. The first-order chi connectivity index (χ1) is 9.12. The summed E-state index contributed by atoms with van der Waals surface area (Å²) in [5.74, 6) is 2.11. The number of nitrogens with zero attached hydrogens (tertiary/aromatic N) is 2. The molecule has 1 aromatic heterocycles. The zero-order valence-electron chi connectivity index (χ0n) is 11.0. The Labute approximate surface area is 119 Å². The topological polar surface area (TPSA) is 56.5 Å². The van der Waals surface area contributed by atoms with Crippen molar-refractivity contribution >= 4 is 15.9 Å². The van der Waals surface area contributed by atoms with Crippen LogP contribution in [0.1, 0.15) is 5.69 Å². The molecule has 0 radical (unpaired) electrons. The van der Waals surface area contributed by atoms with Crippen LogP contribution in [0.3, 0.4) is 0 Å². The number of halogens is 1. The summed E-state index contributed by atoms with van der Waals surface area (Å²) in [6.45, 7) is -0.0808. The first-order valence-electron chi connectivity index (χ1n) is 5.66. The van der Waals surface area contributed by atoms with E-state index in [0.717, 1.165) is 17.1 Å². The quantitative estimate of drug-likeness (QED) is 0.937. The number of ether oxygens (including phenoxy) is 2. The van der Waals surface area contributed by atoms with E-state index in [4.69, 9.17) is 9.47 Å². The maximum Gasteiger partial charge on any atom is 0.145 e. The summed E-state index contributed by atoms with van der Waals surface area (Å²) in [7, 11) is 5.06. The number of aliphatic hydroxyl groups excluding tert-OH is 1. The molecule has 5 nitrogen and oxygen atoms in total. The van der Waals surface area contributed by atoms with Crippen LogP contribution in [0.25, 0.3) is 11.4 Å². The van der Waals surface area contributed by atoms with Crippen molar-refractivity contribution in [2.24, 2.45) is 7.05 Å². The van der Waals surface area contributed by atoms with Crippen LogP contribution in [0, 0.1) is 0 Å². The van der Waals surface area contributed by atoms with Crippen molar-refractivity contribution in [2.45, 2.75) is 6.61 Å². The Morgan fingerprint density at radius 2 is 2.05 bits per heavy atom. The average Bonchev–Trinajstić information content (AvgIpc) is 2.72. The van der Waals surface area contributed by atoms with Crippen molar-refractivity contribution in [3.63, 3.8) is 0 Å². The highest BCUT2D eigenvalue weighted by Gasteiger charge is 2.17. The van der Waals surface area contributed by atoms with Gasteiger partial charge in [0.2, 0.25) is 0 Å². The summed E-state index contributed by atoms with van der Waals surface area (Å²) in [5.41, 5.74) is 1.55. The number of benzene rings is 1. The van der Waals surface area contributed by atoms with Gasteiger partial charge in [0.15, 0.2) is 0 Å². The summed E-state index contributed by atoms with van der Waals surface area (Å²) < 4.78 is 13.0. The van der Waals surface area contributed by atoms with Gasteiger partial charge in [0.05, 0.1) is 32.1 Å². The van der Waals surface area contributed by atoms with Crippen molar-refractivity contribution in [3.05, 3.63) is 28.5 Å². The van der Waals surface area contributed by atoms with E-state index in [1.165, 1.54) is 0 Å². The first-order valence-corrected chi connectivity index (χ1v) is 6.46. The molecule has 1 N–H and O–H groups in total. The van der Waals surface area contributed by atoms with Gasteiger partial charge in [0.1, 0.15) is 21.9 Å². The molecule has 0 saturated carbocycles. The minimum atomic E-state index is -0.0808. The maximum atomic E-state index is 9.33. The first kappa shape index (κ1) is 13.9. The molecule has 0 spiro atoms. The molecular weight excluding hydrogens is 312 g/mol. The van der Waals surface area contributed by atoms with Crippen molar-refractivity contribution in [1.82, 2.24) is 9.55 Å². The molecule has 102 valence electrons. The van der Waals surface area contributed by atoms with Gasteiger partial charge in [-0.3, -0.25) is 0 Å². The molecule has 1 aromatic carbocycles. The van der Waals surface area contributed by atoms with E-state index in [2.05, 4.69) is 20.9 Å². The third-order valence-electron chi connectivity index (χ3n) is 2.96. The van der Waals surface area contributed by atoms with Crippen molar-refractivity contribution in [3.8, 4) is 22.9 Å². The Balaban J connectivity index is 2.58. The number of rotatable bonds is 4. The molecule has 6 heteroatoms. The molecule has 1 heterocycles. The Morgan fingerprint density at radius 3 is 2.58 bits per heavy atom. The van der Waals surface area contributed by atoms with Crippen molar-refractivity contribution < 1.29 is 14.6 Å². The van der Waals surface area contributed by atoms with E-state index in [0.29, 0.717) is 16.0 Å². The highest BCUT2D eigenvalue weighted by atomic mass is 79.9. The summed E-state index contributed by atoms with van der Waals surface area (Å²) in [6.07, 6.45) is 0. The Hall–Kier alpha value is -1.53. The number of hydrogen-bond donors (Lipinski definition) is 1. The molecule has 0 aliphatic heterocycles. The van der Waals surface area contributed by atoms with E-state index >= 15 is 0 Å². The van der Waals surface area contributed by atoms with Crippen LogP contribution in [0.5, 0.6) is 11.5 Å². The third kappa shape index (κ3) is 2.46. The van der Waals surface area contributed by atoms with Gasteiger partial charge < -0.3 is 19.1 Å². The molecule has 0 bridgehead atoms. The highest BCUT2D eigenvalue weighted by molar-refractivity contribution is 9.10. The lowest BCUT2D eigenvalue weighted by atomic mass is 10.1. The fourth-order valence-electron chi connectivity index (χ4n) is 1.89. The maximum absolute atomic E-state index is 9.33. The van der Waals surface area contributed by atoms with Crippen LogP contribution < -0.4 is 9.47 Å². The van der Waals surface area contributed by atoms with Crippen molar-refractivity contribution in [2.75, 3.05) is 14.2 Å². The van der Waals surface area contributed by atoms with Crippen LogP contribution >= 0.6 is 15.9 Å². The van der Waals surface area contributed by atoms with E-state index in [-0.39, 0.29) is 6.61 Å². The minimum absolute atomic E-state index is 0.0808. The Kier molecular flexibility index (Phi) is 4.11. The lowest BCUT2D eigenvalue weighted by Gasteiger charge is -2.10. The number of methoxy groups -OCH3 is 2. The normalized spacial score (nSPS) is 10.6. The monoisotopic (exact) mass is 326 g/mol. The van der Waals surface area contributed by atoms with Crippen LogP contribution in [-0.4, -0.2) is 28.9 Å². The predicted octanol–water partition coefficient (Wildman–Crippen LogP) is 2.36. The molecule has 19 heavy (non-hydrogen) atoms. The van der Waals surface area contributed by atoms with Gasteiger partial charge in [0.25, 0.3) is 0 Å². The molecule has 0 amide bonds. The van der Waals surface area contributed by atoms with E-state index in [1.54, 1.807) is 20.3 Å². The second-order valence-corrected chi connectivity index (χ2v) is 4.71. The summed E-state index contributed by atoms with van der Waals surface area (Å²) in [4.78, 5) is 4.41. The molecule has 0 saturated heterocycles. The van der Waals surface area contributed by atoms with Crippen LogP contribution in [0.15, 0.2) is 22.8 Å². The summed E-state index contributed by atoms with van der Waals surface area (Å²) >= 11 is 3.34. The van der Waals surface area contributed by atoms with Crippen LogP contribution in [0.2, 0.25) is 0 Å². The Bertz CT molecular complexity index is 596. The largest absolute Gasteiger partial charge is 0.497 e. The summed E-state index contributed by atoms with van der Waals surface area (Å²) in [6, 6.07) is 5.53. The van der Waals surface area contributed by atoms with E-state index in [9.17, 15) is 5.11 Å². The molecule has 0 atom stereocenters. The number of aromatic nitrogens is 2. The fraction of sp³-hybridized carbons (Fsp3) is 0.308. The zero-order valence-corrected chi connectivity index (χ0v) is 12.6. The van der Waals surface area contributed by atoms with Gasteiger partial charge >= 0.3 is 0 Å². The van der Waals surface area contributed by atoms with Gasteiger partial charge in [-0.1, -0.05) is 0 Å². The molecular formula is C13H15BrN2O3. The highest BCUT2D eigenvalue weighted by Crippen LogP contribution is 2.34. The van der Waals surface area contributed by atoms with Gasteiger partial charge in [-0.15, -0.1) is 0 Å². The van der Waals surface area contributed by atoms with Crippen molar-refractivity contribution in [1.29, 1.82) is 0 Å². The number of aliphatic hydroxyl groups is 1. The molecule has 0 fully saturated rings. The lowest BCUT2D eigenvalue weighted by Crippen LogP contribution is -2.00. The molecule has 0 unspecified atom stereocenters. The number of imidazole rings is 1. The lowest BCUT2D eigenvalue weighted by molar-refractivity contribution is 0.272. The molecule has 2 aromatic rings. The van der Waals surface area contributed by atoms with Gasteiger partial charge in [-0.25, -0.2) is 4.98 Å². The van der Waals surface area contributed by atoms with Gasteiger partial charge in [0, 0.05) is 13.1 Å². The van der Waals surface area contributed by atoms with Crippen LogP contribution in [-0.2, 0) is 13.7 Å². The summed E-state index contributed by atoms with van der Waals surface area (Å²) in [5, 5.41) is 9.33. The van der Waals surface area contributed by atoms with E-state index < -0.39 is 0 Å². The average molecular weight is 327 g/mol. The van der Waals surface area contributed by atoms with Gasteiger partial charge in [-0.05, 0) is 28.1 Å². The minimum Gasteiger partial charge on any atom is -0.497 e. The Morgan fingerprint density at radius 1 is 1.32 bits per heavy atom. The second-order valence-electron chi connectivity index (χ2n) is 3.96.